The summed E-state index contributed by atoms with van der Waals surface area (Å²) in [5.41, 5.74) is 14.0. The molecule has 6 aromatic carbocycles. The molecule has 1 aliphatic rings. The number of pyridine rings is 2. The van der Waals surface area contributed by atoms with Crippen LogP contribution in [-0.4, -0.2) is 9.97 Å². The van der Waals surface area contributed by atoms with Gasteiger partial charge in [-0.2, -0.15) is 0 Å². The fourth-order valence-corrected chi connectivity index (χ4v) is 7.67. The summed E-state index contributed by atoms with van der Waals surface area (Å²) < 4.78 is 0. The van der Waals surface area contributed by atoms with E-state index in [1.807, 2.05) is 30.7 Å². The van der Waals surface area contributed by atoms with Crippen LogP contribution in [0.5, 0.6) is 0 Å². The van der Waals surface area contributed by atoms with Crippen molar-refractivity contribution in [3.8, 4) is 44.6 Å². The Bertz CT molecular complexity index is 2340. The van der Waals surface area contributed by atoms with Crippen LogP contribution in [0, 0.1) is 0 Å². The largest absolute Gasteiger partial charge is 0.264 e. The van der Waals surface area contributed by atoms with E-state index in [1.54, 1.807) is 0 Å². The Kier molecular flexibility index (Phi) is 6.39. The molecule has 0 N–H and O–H groups in total. The van der Waals surface area contributed by atoms with Crippen molar-refractivity contribution >= 4 is 10.8 Å². The number of nitrogens with zero attached hydrogens (tertiary/aromatic N) is 2. The highest BCUT2D eigenvalue weighted by molar-refractivity contribution is 6.01. The van der Waals surface area contributed by atoms with Gasteiger partial charge in [0.1, 0.15) is 0 Å². The summed E-state index contributed by atoms with van der Waals surface area (Å²) in [5, 5.41) is 2.32. The van der Waals surface area contributed by atoms with Gasteiger partial charge in [-0.15, -0.1) is 0 Å². The lowest BCUT2D eigenvalue weighted by atomic mass is 9.66. The molecule has 0 radical (unpaired) electrons. The number of benzene rings is 6. The minimum atomic E-state index is -0.530. The Morgan fingerprint density at radius 3 is 1.83 bits per heavy atom. The molecule has 0 atom stereocenters. The second-order valence-corrected chi connectivity index (χ2v) is 12.2. The number of fused-ring (bicyclic) bond motifs is 4. The molecule has 0 spiro atoms. The van der Waals surface area contributed by atoms with Crippen LogP contribution in [0.1, 0.15) is 22.3 Å². The Labute approximate surface area is 274 Å². The molecule has 0 aliphatic heterocycles. The van der Waals surface area contributed by atoms with Gasteiger partial charge in [0.2, 0.25) is 0 Å². The zero-order valence-electron chi connectivity index (χ0n) is 25.7. The third-order valence-electron chi connectivity index (χ3n) is 9.70. The van der Waals surface area contributed by atoms with Gasteiger partial charge in [-0.05, 0) is 85.3 Å². The molecule has 2 heteroatoms. The first-order valence-electron chi connectivity index (χ1n) is 16.1. The van der Waals surface area contributed by atoms with Gasteiger partial charge < -0.3 is 0 Å². The Morgan fingerprint density at radius 2 is 1.09 bits per heavy atom. The van der Waals surface area contributed by atoms with Crippen molar-refractivity contribution in [3.63, 3.8) is 0 Å². The van der Waals surface area contributed by atoms with Gasteiger partial charge in [-0.25, -0.2) is 0 Å². The number of aromatic nitrogens is 2. The van der Waals surface area contributed by atoms with Gasteiger partial charge in [0.05, 0.1) is 11.1 Å². The summed E-state index contributed by atoms with van der Waals surface area (Å²) in [5.74, 6) is 0. The molecule has 0 amide bonds. The second-order valence-electron chi connectivity index (χ2n) is 12.2. The highest BCUT2D eigenvalue weighted by atomic mass is 14.7. The monoisotopic (exact) mass is 598 g/mol. The van der Waals surface area contributed by atoms with Gasteiger partial charge >= 0.3 is 0 Å². The van der Waals surface area contributed by atoms with Crippen LogP contribution in [0.2, 0.25) is 0 Å². The first-order chi connectivity index (χ1) is 23.3. The molecule has 0 saturated heterocycles. The molecule has 2 heterocycles. The van der Waals surface area contributed by atoms with Crippen molar-refractivity contribution in [1.29, 1.82) is 0 Å². The predicted octanol–water partition coefficient (Wildman–Crippen LogP) is 11.0. The van der Waals surface area contributed by atoms with Crippen molar-refractivity contribution in [2.75, 3.05) is 0 Å². The van der Waals surface area contributed by atoms with E-state index in [9.17, 15) is 0 Å². The molecule has 9 rings (SSSR count). The molecule has 0 bridgehead atoms. The normalized spacial score (nSPS) is 12.9. The van der Waals surface area contributed by atoms with E-state index in [0.717, 1.165) is 16.6 Å². The lowest BCUT2D eigenvalue weighted by Crippen LogP contribution is -2.29. The topological polar surface area (TPSA) is 25.8 Å². The lowest BCUT2D eigenvalue weighted by Gasteiger charge is -2.35. The minimum absolute atomic E-state index is 0.530. The highest BCUT2D eigenvalue weighted by Gasteiger charge is 2.48. The predicted molar refractivity (Wildman–Crippen MR) is 193 cm³/mol. The molecular weight excluding hydrogens is 569 g/mol. The van der Waals surface area contributed by atoms with E-state index in [0.29, 0.717) is 0 Å². The Morgan fingerprint density at radius 1 is 0.426 bits per heavy atom. The molecule has 47 heavy (non-hydrogen) atoms. The van der Waals surface area contributed by atoms with Crippen LogP contribution in [0.15, 0.2) is 182 Å². The van der Waals surface area contributed by atoms with E-state index in [4.69, 9.17) is 0 Å². The zero-order valence-corrected chi connectivity index (χ0v) is 25.7. The van der Waals surface area contributed by atoms with Gasteiger partial charge in [0.25, 0.3) is 0 Å². The maximum atomic E-state index is 4.59. The van der Waals surface area contributed by atoms with Gasteiger partial charge in [0.15, 0.2) is 0 Å². The van der Waals surface area contributed by atoms with Crippen molar-refractivity contribution in [3.05, 3.63) is 205 Å². The van der Waals surface area contributed by atoms with Crippen LogP contribution >= 0.6 is 0 Å². The summed E-state index contributed by atoms with van der Waals surface area (Å²) in [6.45, 7) is 0. The van der Waals surface area contributed by atoms with Crippen LogP contribution in [-0.2, 0) is 5.41 Å². The highest BCUT2D eigenvalue weighted by Crippen LogP contribution is 2.60. The van der Waals surface area contributed by atoms with Gasteiger partial charge in [-0.1, -0.05) is 140 Å². The molecule has 8 aromatic rings. The second kappa shape index (κ2) is 11.0. The standard InChI is InChI=1S/C45H30N2/c1-3-11-36(12-4-1)45(37-13-5-2-6-14-37)41-16-8-7-15-40(41)43-38(32-19-21-33(22-20-32)42-17-9-10-27-47-42)24-25-39(44(43)45)34-23-18-31-26-28-46-30-35(31)29-34/h1-30H. The van der Waals surface area contributed by atoms with Crippen LogP contribution < -0.4 is 0 Å². The van der Waals surface area contributed by atoms with E-state index >= 15 is 0 Å². The number of hydrogen-bond donors (Lipinski definition) is 0. The summed E-state index contributed by atoms with van der Waals surface area (Å²) in [6.07, 6.45) is 5.68. The van der Waals surface area contributed by atoms with Crippen molar-refractivity contribution in [2.24, 2.45) is 0 Å². The molecule has 2 nitrogen and oxygen atoms in total. The van der Waals surface area contributed by atoms with Crippen LogP contribution in [0.25, 0.3) is 55.4 Å². The molecule has 220 valence electrons. The average Bonchev–Trinajstić information content (AvgIpc) is 3.47. The van der Waals surface area contributed by atoms with E-state index in [2.05, 4.69) is 162 Å². The molecule has 0 unspecified atom stereocenters. The van der Waals surface area contributed by atoms with E-state index in [-0.39, 0.29) is 0 Å². The summed E-state index contributed by atoms with van der Waals surface area (Å²) >= 11 is 0. The molecule has 0 fully saturated rings. The molecule has 1 aliphatic carbocycles. The third kappa shape index (κ3) is 4.26. The smallest absolute Gasteiger partial charge is 0.0719 e. The fourth-order valence-electron chi connectivity index (χ4n) is 7.67. The molecular formula is C45H30N2. The average molecular weight is 599 g/mol. The fraction of sp³-hybridized carbons (Fsp3) is 0.0222. The van der Waals surface area contributed by atoms with Gasteiger partial charge in [0, 0.05) is 29.5 Å². The summed E-state index contributed by atoms with van der Waals surface area (Å²) in [7, 11) is 0. The van der Waals surface area contributed by atoms with Gasteiger partial charge in [-0.3, -0.25) is 9.97 Å². The number of hydrogen-bond acceptors (Lipinski definition) is 2. The van der Waals surface area contributed by atoms with E-state index in [1.165, 1.54) is 61.0 Å². The maximum Gasteiger partial charge on any atom is 0.0719 e. The summed E-state index contributed by atoms with van der Waals surface area (Å²) in [6, 6.07) is 59.5. The minimum Gasteiger partial charge on any atom is -0.264 e. The van der Waals surface area contributed by atoms with Crippen molar-refractivity contribution in [1.82, 2.24) is 9.97 Å². The summed E-state index contributed by atoms with van der Waals surface area (Å²) in [4.78, 5) is 9.04. The maximum absolute atomic E-state index is 4.59. The Hall–Kier alpha value is -6.12. The SMILES string of the molecule is c1ccc(C2(c3ccccc3)c3ccccc3-c3c(-c4ccc(-c5ccccn5)cc4)ccc(-c4ccc5ccncc5c4)c32)cc1. The molecule has 0 saturated carbocycles. The third-order valence-corrected chi connectivity index (χ3v) is 9.70. The zero-order chi connectivity index (χ0) is 31.2. The lowest BCUT2D eigenvalue weighted by molar-refractivity contribution is 0.770. The van der Waals surface area contributed by atoms with Crippen molar-refractivity contribution in [2.45, 2.75) is 5.41 Å². The molecule has 2 aromatic heterocycles. The first-order valence-corrected chi connectivity index (χ1v) is 16.1. The van der Waals surface area contributed by atoms with Crippen molar-refractivity contribution < 1.29 is 0 Å². The Balaban J connectivity index is 1.39. The number of rotatable bonds is 5. The quantitative estimate of drug-likeness (QED) is 0.197. The van der Waals surface area contributed by atoms with Crippen LogP contribution in [0.4, 0.5) is 0 Å². The first kappa shape index (κ1) is 27.2. The van der Waals surface area contributed by atoms with E-state index < -0.39 is 5.41 Å². The van der Waals surface area contributed by atoms with Crippen LogP contribution in [0.3, 0.4) is 0 Å².